The molecule has 2 aromatic carbocycles. The molecule has 9 heteroatoms. The number of nitrogens with one attached hydrogen (secondary N) is 2. The van der Waals surface area contributed by atoms with Crippen molar-refractivity contribution in [2.45, 2.75) is 19.0 Å². The minimum Gasteiger partial charge on any atom is -0.313 e. The number of nitrogens with zero attached hydrogens (tertiary/aromatic N) is 4. The molecular formula is C21H18N6O3. The Bertz CT molecular complexity index is 1140. The molecule has 0 saturated heterocycles. The van der Waals surface area contributed by atoms with Crippen LogP contribution in [0.1, 0.15) is 45.3 Å². The number of carbonyl (C=O) groups excluding carboxylic acids is 3. The monoisotopic (exact) mass is 402 g/mol. The maximum absolute atomic E-state index is 13.3. The van der Waals surface area contributed by atoms with Gasteiger partial charge in [0, 0.05) is 24.1 Å². The zero-order valence-electron chi connectivity index (χ0n) is 15.9. The van der Waals surface area contributed by atoms with E-state index in [2.05, 4.69) is 20.5 Å². The summed E-state index contributed by atoms with van der Waals surface area (Å²) in [4.78, 5) is 45.7. The zero-order chi connectivity index (χ0) is 20.7. The predicted octanol–water partition coefficient (Wildman–Crippen LogP) is 2.34. The first-order chi connectivity index (χ1) is 14.6. The van der Waals surface area contributed by atoms with E-state index < -0.39 is 6.17 Å². The first kappa shape index (κ1) is 18.0. The number of rotatable bonds is 5. The molecule has 5 rings (SSSR count). The molecule has 0 aliphatic carbocycles. The maximum atomic E-state index is 13.3. The van der Waals surface area contributed by atoms with Crippen LogP contribution in [0, 0.1) is 0 Å². The van der Waals surface area contributed by atoms with Crippen molar-refractivity contribution in [1.82, 2.24) is 20.1 Å². The van der Waals surface area contributed by atoms with Crippen LogP contribution < -0.4 is 10.2 Å². The Morgan fingerprint density at radius 1 is 1.03 bits per heavy atom. The third-order valence-electron chi connectivity index (χ3n) is 5.36. The van der Waals surface area contributed by atoms with Crippen molar-refractivity contribution >= 4 is 29.4 Å². The number of hydrogen-bond donors (Lipinski definition) is 2. The van der Waals surface area contributed by atoms with Crippen molar-refractivity contribution in [2.24, 2.45) is 0 Å². The van der Waals surface area contributed by atoms with E-state index in [1.54, 1.807) is 34.1 Å². The van der Waals surface area contributed by atoms with E-state index in [0.29, 0.717) is 29.8 Å². The van der Waals surface area contributed by atoms with Gasteiger partial charge in [-0.3, -0.25) is 24.6 Å². The molecule has 3 amide bonds. The van der Waals surface area contributed by atoms with Gasteiger partial charge in [0.1, 0.15) is 12.5 Å². The van der Waals surface area contributed by atoms with E-state index in [0.717, 1.165) is 5.56 Å². The van der Waals surface area contributed by atoms with Crippen molar-refractivity contribution in [3.8, 4) is 0 Å². The highest BCUT2D eigenvalue weighted by Crippen LogP contribution is 2.45. The summed E-state index contributed by atoms with van der Waals surface area (Å²) in [6.45, 7) is 0.333. The highest BCUT2D eigenvalue weighted by atomic mass is 16.2. The summed E-state index contributed by atoms with van der Waals surface area (Å²) in [5.41, 5.74) is 2.51. The Morgan fingerprint density at radius 2 is 1.80 bits per heavy atom. The fraction of sp³-hybridized carbons (Fsp3) is 0.190. The topological polar surface area (TPSA) is 111 Å². The predicted molar refractivity (Wildman–Crippen MR) is 108 cm³/mol. The number of benzene rings is 2. The summed E-state index contributed by atoms with van der Waals surface area (Å²) < 4.78 is 0. The first-order valence-electron chi connectivity index (χ1n) is 9.63. The Morgan fingerprint density at radius 3 is 2.60 bits per heavy atom. The van der Waals surface area contributed by atoms with E-state index in [1.165, 1.54) is 6.33 Å². The summed E-state index contributed by atoms with van der Waals surface area (Å²) in [6.07, 6.45) is 1.44. The van der Waals surface area contributed by atoms with Gasteiger partial charge >= 0.3 is 0 Å². The van der Waals surface area contributed by atoms with Crippen molar-refractivity contribution in [3.63, 3.8) is 0 Å². The smallest absolute Gasteiger partial charge is 0.260 e. The van der Waals surface area contributed by atoms with Crippen molar-refractivity contribution < 1.29 is 14.4 Å². The molecule has 0 unspecified atom stereocenters. The second-order valence-electron chi connectivity index (χ2n) is 7.14. The SMILES string of the molecule is O=C(CCCN1C(=O)c2ccccc2N2C(=O)c3ccccc3[C@@H]12)Nc1ncn[nH]1. The number of carbonyl (C=O) groups is 3. The van der Waals surface area contributed by atoms with Crippen LogP contribution in [0.25, 0.3) is 0 Å². The standard InChI is InChI=1S/C21H18N6O3/c28-17(24-21-22-12-23-25-21)10-5-11-26-18-13-6-1-2-7-14(13)20(30)27(18)16-9-4-3-8-15(16)19(26)29/h1-4,6-9,12,18H,5,10-11H2,(H2,22,23,24,25,28)/t18-/m0/s1. The van der Waals surface area contributed by atoms with Gasteiger partial charge in [0.05, 0.1) is 11.3 Å². The van der Waals surface area contributed by atoms with E-state index in [9.17, 15) is 14.4 Å². The van der Waals surface area contributed by atoms with Crippen molar-refractivity contribution in [3.05, 3.63) is 71.5 Å². The normalized spacial score (nSPS) is 16.9. The summed E-state index contributed by atoms with van der Waals surface area (Å²) in [7, 11) is 0. The fourth-order valence-corrected chi connectivity index (χ4v) is 4.07. The lowest BCUT2D eigenvalue weighted by molar-refractivity contribution is -0.116. The van der Waals surface area contributed by atoms with Gasteiger partial charge < -0.3 is 4.90 Å². The molecule has 150 valence electrons. The van der Waals surface area contributed by atoms with Gasteiger partial charge in [-0.05, 0) is 24.6 Å². The molecule has 1 aromatic heterocycles. The van der Waals surface area contributed by atoms with E-state index in [-0.39, 0.29) is 30.1 Å². The average Bonchev–Trinajstić information content (AvgIpc) is 3.37. The summed E-state index contributed by atoms with van der Waals surface area (Å²) in [5.74, 6) is -0.212. The number of amides is 3. The van der Waals surface area contributed by atoms with Gasteiger partial charge in [-0.2, -0.15) is 10.1 Å². The number of aromatic nitrogens is 3. The number of H-pyrrole nitrogens is 1. The van der Waals surface area contributed by atoms with E-state index in [4.69, 9.17) is 0 Å². The highest BCUT2D eigenvalue weighted by Gasteiger charge is 2.47. The number of fused-ring (bicyclic) bond motifs is 5. The van der Waals surface area contributed by atoms with Crippen LogP contribution in [-0.2, 0) is 4.79 Å². The van der Waals surface area contributed by atoms with Gasteiger partial charge in [0.2, 0.25) is 11.9 Å². The van der Waals surface area contributed by atoms with Gasteiger partial charge in [0.15, 0.2) is 0 Å². The molecule has 30 heavy (non-hydrogen) atoms. The van der Waals surface area contributed by atoms with Gasteiger partial charge in [-0.15, -0.1) is 0 Å². The Hall–Kier alpha value is -4.01. The van der Waals surface area contributed by atoms with E-state index in [1.807, 2.05) is 24.3 Å². The van der Waals surface area contributed by atoms with Crippen LogP contribution in [-0.4, -0.2) is 44.3 Å². The third kappa shape index (κ3) is 2.83. The lowest BCUT2D eigenvalue weighted by atomic mass is 10.0. The number of para-hydroxylation sites is 1. The molecule has 2 aliphatic rings. The second-order valence-corrected chi connectivity index (χ2v) is 7.14. The molecule has 2 aliphatic heterocycles. The molecule has 2 N–H and O–H groups in total. The summed E-state index contributed by atoms with van der Waals surface area (Å²) in [6, 6.07) is 14.5. The molecule has 9 nitrogen and oxygen atoms in total. The Balaban J connectivity index is 1.41. The van der Waals surface area contributed by atoms with Crippen molar-refractivity contribution in [1.29, 1.82) is 0 Å². The highest BCUT2D eigenvalue weighted by molar-refractivity contribution is 6.16. The van der Waals surface area contributed by atoms with Crippen molar-refractivity contribution in [2.75, 3.05) is 16.8 Å². The number of aromatic amines is 1. The van der Waals surface area contributed by atoms with Crippen LogP contribution in [0.4, 0.5) is 11.6 Å². The Labute approximate surface area is 171 Å². The largest absolute Gasteiger partial charge is 0.313 e. The molecular weight excluding hydrogens is 384 g/mol. The summed E-state index contributed by atoms with van der Waals surface area (Å²) in [5, 5.41) is 8.87. The fourth-order valence-electron chi connectivity index (χ4n) is 4.07. The molecule has 3 aromatic rings. The summed E-state index contributed by atoms with van der Waals surface area (Å²) >= 11 is 0. The molecule has 0 fully saturated rings. The van der Waals surface area contributed by atoms with Crippen LogP contribution >= 0.6 is 0 Å². The van der Waals surface area contributed by atoms with Crippen LogP contribution in [0.2, 0.25) is 0 Å². The zero-order valence-corrected chi connectivity index (χ0v) is 15.9. The average molecular weight is 402 g/mol. The lowest BCUT2D eigenvalue weighted by Crippen LogP contribution is -2.48. The van der Waals surface area contributed by atoms with Gasteiger partial charge in [0.25, 0.3) is 11.8 Å². The minimum absolute atomic E-state index is 0.122. The number of anilines is 2. The second kappa shape index (κ2) is 7.11. The Kier molecular flexibility index (Phi) is 4.27. The first-order valence-corrected chi connectivity index (χ1v) is 9.63. The van der Waals surface area contributed by atoms with Crippen LogP contribution in [0.5, 0.6) is 0 Å². The van der Waals surface area contributed by atoms with E-state index >= 15 is 0 Å². The van der Waals surface area contributed by atoms with Crippen LogP contribution in [0.15, 0.2) is 54.9 Å². The maximum Gasteiger partial charge on any atom is 0.260 e. The minimum atomic E-state index is -0.506. The molecule has 0 spiro atoms. The third-order valence-corrected chi connectivity index (χ3v) is 5.36. The van der Waals surface area contributed by atoms with Gasteiger partial charge in [-0.25, -0.2) is 5.10 Å². The quantitative estimate of drug-likeness (QED) is 0.680. The van der Waals surface area contributed by atoms with Crippen LogP contribution in [0.3, 0.4) is 0 Å². The lowest BCUT2D eigenvalue weighted by Gasteiger charge is -2.41. The molecule has 0 saturated carbocycles. The number of hydrogen-bond acceptors (Lipinski definition) is 5. The van der Waals surface area contributed by atoms with Gasteiger partial charge in [-0.1, -0.05) is 30.3 Å². The molecule has 0 bridgehead atoms. The molecule has 1 atom stereocenters. The molecule has 0 radical (unpaired) electrons. The molecule has 3 heterocycles.